The van der Waals surface area contributed by atoms with Crippen molar-refractivity contribution in [2.45, 2.75) is 13.5 Å². The quantitative estimate of drug-likeness (QED) is 0.411. The number of benzene rings is 3. The fraction of sp³-hybridized carbons (Fsp3) is 0.0909. The average Bonchev–Trinajstić information content (AvgIpc) is 3.20. The first-order chi connectivity index (χ1) is 13.6. The number of aryl methyl sites for hydroxylation is 1. The zero-order valence-electron chi connectivity index (χ0n) is 15.0. The highest BCUT2D eigenvalue weighted by atomic mass is 35.5. The van der Waals surface area contributed by atoms with Gasteiger partial charge in [0.25, 0.3) is 5.89 Å². The van der Waals surface area contributed by atoms with E-state index in [4.69, 9.17) is 20.9 Å². The van der Waals surface area contributed by atoms with Crippen LogP contribution in [0.5, 0.6) is 5.75 Å². The lowest BCUT2D eigenvalue weighted by Crippen LogP contribution is -1.95. The Morgan fingerprint density at radius 2 is 1.68 bits per heavy atom. The van der Waals surface area contributed by atoms with Crippen LogP contribution in [0.3, 0.4) is 0 Å². The van der Waals surface area contributed by atoms with Gasteiger partial charge in [0, 0.05) is 16.1 Å². The molecule has 0 amide bonds. The van der Waals surface area contributed by atoms with Gasteiger partial charge in [0.15, 0.2) is 0 Å². The van der Waals surface area contributed by atoms with Gasteiger partial charge in [-0.2, -0.15) is 4.98 Å². The molecule has 0 saturated carbocycles. The molecule has 140 valence electrons. The van der Waals surface area contributed by atoms with Gasteiger partial charge in [-0.1, -0.05) is 28.9 Å². The lowest BCUT2D eigenvalue weighted by molar-refractivity contribution is 0.306. The van der Waals surface area contributed by atoms with Crippen LogP contribution in [0.4, 0.5) is 4.39 Å². The minimum absolute atomic E-state index is 0.306. The molecule has 4 nitrogen and oxygen atoms in total. The van der Waals surface area contributed by atoms with Crippen molar-refractivity contribution in [2.24, 2.45) is 0 Å². The summed E-state index contributed by atoms with van der Waals surface area (Å²) in [7, 11) is 0. The van der Waals surface area contributed by atoms with Crippen molar-refractivity contribution in [1.29, 1.82) is 0 Å². The molecular weight excluding hydrogens is 379 g/mol. The average molecular weight is 395 g/mol. The first-order valence-corrected chi connectivity index (χ1v) is 9.04. The van der Waals surface area contributed by atoms with Crippen molar-refractivity contribution in [3.05, 3.63) is 88.7 Å². The summed E-state index contributed by atoms with van der Waals surface area (Å²) in [6.07, 6.45) is 0. The number of aromatic nitrogens is 2. The Morgan fingerprint density at radius 1 is 0.964 bits per heavy atom. The molecule has 0 spiro atoms. The second-order valence-corrected chi connectivity index (χ2v) is 6.73. The molecule has 0 fully saturated rings. The Balaban J connectivity index is 1.44. The van der Waals surface area contributed by atoms with Crippen LogP contribution >= 0.6 is 11.6 Å². The second kappa shape index (κ2) is 7.82. The molecule has 0 aliphatic heterocycles. The van der Waals surface area contributed by atoms with Gasteiger partial charge in [0.2, 0.25) is 5.82 Å². The molecule has 6 heteroatoms. The molecule has 0 bridgehead atoms. The SMILES string of the molecule is Cc1cc(OCc2ccc(-c3nc(-c4ccc(F)cc4)no3)cc2)ccc1Cl. The van der Waals surface area contributed by atoms with E-state index in [1.54, 1.807) is 12.1 Å². The van der Waals surface area contributed by atoms with Gasteiger partial charge in [-0.25, -0.2) is 4.39 Å². The van der Waals surface area contributed by atoms with Gasteiger partial charge >= 0.3 is 0 Å². The molecule has 0 aliphatic rings. The topological polar surface area (TPSA) is 48.2 Å². The number of halogens is 2. The predicted octanol–water partition coefficient (Wildman–Crippen LogP) is 6.08. The lowest BCUT2D eigenvalue weighted by Gasteiger charge is -2.08. The molecule has 0 atom stereocenters. The Hall–Kier alpha value is -3.18. The van der Waals surface area contributed by atoms with Crippen LogP contribution in [-0.4, -0.2) is 10.1 Å². The smallest absolute Gasteiger partial charge is 0.258 e. The second-order valence-electron chi connectivity index (χ2n) is 6.33. The lowest BCUT2D eigenvalue weighted by atomic mass is 10.1. The number of ether oxygens (including phenoxy) is 1. The fourth-order valence-corrected chi connectivity index (χ4v) is 2.79. The van der Waals surface area contributed by atoms with Crippen molar-refractivity contribution < 1.29 is 13.7 Å². The molecule has 0 unspecified atom stereocenters. The van der Waals surface area contributed by atoms with Crippen LogP contribution in [0, 0.1) is 12.7 Å². The maximum atomic E-state index is 13.0. The highest BCUT2D eigenvalue weighted by Crippen LogP contribution is 2.24. The van der Waals surface area contributed by atoms with Crippen LogP contribution < -0.4 is 4.74 Å². The van der Waals surface area contributed by atoms with Gasteiger partial charge in [-0.3, -0.25) is 0 Å². The van der Waals surface area contributed by atoms with Gasteiger partial charge in [0.1, 0.15) is 18.2 Å². The number of hydrogen-bond acceptors (Lipinski definition) is 4. The van der Waals surface area contributed by atoms with Crippen LogP contribution in [0.15, 0.2) is 71.3 Å². The summed E-state index contributed by atoms with van der Waals surface area (Å²) in [6, 6.07) is 19.2. The van der Waals surface area contributed by atoms with Crippen LogP contribution in [0.25, 0.3) is 22.8 Å². The molecule has 4 rings (SSSR count). The number of hydrogen-bond donors (Lipinski definition) is 0. The van der Waals surface area contributed by atoms with E-state index in [1.807, 2.05) is 49.4 Å². The molecule has 1 aromatic heterocycles. The molecule has 0 aliphatic carbocycles. The zero-order valence-corrected chi connectivity index (χ0v) is 15.8. The van der Waals surface area contributed by atoms with Crippen LogP contribution in [0.2, 0.25) is 5.02 Å². The molecule has 3 aromatic carbocycles. The third-order valence-corrected chi connectivity index (χ3v) is 4.69. The minimum atomic E-state index is -0.306. The molecule has 4 aromatic rings. The van der Waals surface area contributed by atoms with Gasteiger partial charge in [-0.05, 0) is 72.6 Å². The van der Waals surface area contributed by atoms with Gasteiger partial charge < -0.3 is 9.26 Å². The van der Waals surface area contributed by atoms with Gasteiger partial charge in [0.05, 0.1) is 0 Å². The minimum Gasteiger partial charge on any atom is -0.489 e. The highest BCUT2D eigenvalue weighted by Gasteiger charge is 2.11. The number of rotatable bonds is 5. The Kier molecular flexibility index (Phi) is 5.08. The summed E-state index contributed by atoms with van der Waals surface area (Å²) in [6.45, 7) is 2.38. The standard InChI is InChI=1S/C22H16ClFN2O2/c1-14-12-19(10-11-20(14)23)27-13-15-2-4-17(5-3-15)22-25-21(26-28-22)16-6-8-18(24)9-7-16/h2-12H,13H2,1H3. The third-order valence-electron chi connectivity index (χ3n) is 4.26. The Labute approximate surface area is 166 Å². The van der Waals surface area contributed by atoms with E-state index in [9.17, 15) is 4.39 Å². The third kappa shape index (κ3) is 4.05. The Bertz CT molecular complexity index is 1090. The number of nitrogens with zero attached hydrogens (tertiary/aromatic N) is 2. The molecule has 0 radical (unpaired) electrons. The molecule has 1 heterocycles. The normalized spacial score (nSPS) is 10.8. The van der Waals surface area contributed by atoms with Crippen LogP contribution in [0.1, 0.15) is 11.1 Å². The largest absolute Gasteiger partial charge is 0.489 e. The first kappa shape index (κ1) is 18.2. The summed E-state index contributed by atoms with van der Waals surface area (Å²) < 4.78 is 24.2. The van der Waals surface area contributed by atoms with E-state index in [1.165, 1.54) is 12.1 Å². The first-order valence-electron chi connectivity index (χ1n) is 8.66. The summed E-state index contributed by atoms with van der Waals surface area (Å²) in [5.41, 5.74) is 3.48. The van der Waals surface area contributed by atoms with Crippen molar-refractivity contribution in [1.82, 2.24) is 10.1 Å². The van der Waals surface area contributed by atoms with E-state index in [0.717, 1.165) is 27.5 Å². The Morgan fingerprint density at radius 3 is 2.39 bits per heavy atom. The van der Waals surface area contributed by atoms with Crippen molar-refractivity contribution >= 4 is 11.6 Å². The highest BCUT2D eigenvalue weighted by molar-refractivity contribution is 6.31. The monoisotopic (exact) mass is 394 g/mol. The van der Waals surface area contributed by atoms with Crippen LogP contribution in [-0.2, 0) is 6.61 Å². The summed E-state index contributed by atoms with van der Waals surface area (Å²) in [5.74, 6) is 1.28. The maximum absolute atomic E-state index is 13.0. The summed E-state index contributed by atoms with van der Waals surface area (Å²) in [5, 5.41) is 4.68. The van der Waals surface area contributed by atoms with E-state index in [0.29, 0.717) is 23.9 Å². The van der Waals surface area contributed by atoms with Crippen molar-refractivity contribution in [3.63, 3.8) is 0 Å². The fourth-order valence-electron chi connectivity index (χ4n) is 2.67. The summed E-state index contributed by atoms with van der Waals surface area (Å²) in [4.78, 5) is 4.38. The van der Waals surface area contributed by atoms with Crippen molar-refractivity contribution in [3.8, 4) is 28.6 Å². The zero-order chi connectivity index (χ0) is 19.5. The van der Waals surface area contributed by atoms with E-state index >= 15 is 0 Å². The predicted molar refractivity (Wildman–Crippen MR) is 106 cm³/mol. The molecule has 0 saturated heterocycles. The maximum Gasteiger partial charge on any atom is 0.258 e. The van der Waals surface area contributed by atoms with E-state index < -0.39 is 0 Å². The van der Waals surface area contributed by atoms with E-state index in [-0.39, 0.29) is 5.82 Å². The molecular formula is C22H16ClFN2O2. The van der Waals surface area contributed by atoms with Gasteiger partial charge in [-0.15, -0.1) is 0 Å². The van der Waals surface area contributed by atoms with E-state index in [2.05, 4.69) is 10.1 Å². The molecule has 28 heavy (non-hydrogen) atoms. The molecule has 0 N–H and O–H groups in total. The summed E-state index contributed by atoms with van der Waals surface area (Å²) >= 11 is 6.03. The van der Waals surface area contributed by atoms with Crippen molar-refractivity contribution in [2.75, 3.05) is 0 Å².